The van der Waals surface area contributed by atoms with Crippen molar-refractivity contribution in [2.24, 2.45) is 0 Å². The molecule has 0 aliphatic carbocycles. The molecule has 3 amide bonds. The van der Waals surface area contributed by atoms with Crippen LogP contribution in [0.15, 0.2) is 18.2 Å². The number of aliphatic hydroxyl groups excluding tert-OH is 1. The molecule has 2 aliphatic rings. The van der Waals surface area contributed by atoms with Crippen molar-refractivity contribution < 1.29 is 14.7 Å². The van der Waals surface area contributed by atoms with E-state index in [1.54, 1.807) is 18.2 Å². The summed E-state index contributed by atoms with van der Waals surface area (Å²) in [6.45, 7) is 4.34. The molecular weight excluding hydrogens is 306 g/mol. The lowest BCUT2D eigenvalue weighted by Crippen LogP contribution is -2.49. The number of amides is 3. The number of piperidine rings is 1. The predicted molar refractivity (Wildman–Crippen MR) is 92.1 cm³/mol. The molecule has 3 N–H and O–H groups in total. The second-order valence-electron chi connectivity index (χ2n) is 6.74. The first kappa shape index (κ1) is 16.8. The fourth-order valence-corrected chi connectivity index (χ4v) is 3.87. The zero-order chi connectivity index (χ0) is 17.3. The van der Waals surface area contributed by atoms with E-state index in [4.69, 9.17) is 0 Å². The molecular formula is C18H25N3O3. The molecule has 0 unspecified atom stereocenters. The normalized spacial score (nSPS) is 25.5. The average Bonchev–Trinajstić information content (AvgIpc) is 2.81. The minimum atomic E-state index is -0.287. The van der Waals surface area contributed by atoms with Crippen LogP contribution in [0.25, 0.3) is 0 Å². The molecule has 2 bridgehead atoms. The van der Waals surface area contributed by atoms with Crippen molar-refractivity contribution in [1.82, 2.24) is 10.2 Å². The Morgan fingerprint density at radius 3 is 2.50 bits per heavy atom. The molecule has 3 rings (SSSR count). The molecule has 2 fully saturated rings. The lowest BCUT2D eigenvalue weighted by molar-refractivity contribution is 0.0580. The monoisotopic (exact) mass is 331 g/mol. The Hall–Kier alpha value is -2.08. The average molecular weight is 331 g/mol. The van der Waals surface area contributed by atoms with Gasteiger partial charge < -0.3 is 20.6 Å². The third-order valence-electron chi connectivity index (χ3n) is 5.01. The first-order valence-corrected chi connectivity index (χ1v) is 8.65. The molecule has 6 heteroatoms. The topological polar surface area (TPSA) is 81.7 Å². The highest BCUT2D eigenvalue weighted by Gasteiger charge is 2.42. The van der Waals surface area contributed by atoms with Crippen LogP contribution >= 0.6 is 0 Å². The van der Waals surface area contributed by atoms with Crippen molar-refractivity contribution >= 4 is 17.6 Å². The summed E-state index contributed by atoms with van der Waals surface area (Å²) < 4.78 is 0. The number of rotatable bonds is 3. The predicted octanol–water partition coefficient (Wildman–Crippen LogP) is 2.26. The molecule has 0 aromatic heterocycles. The molecule has 0 radical (unpaired) electrons. The Balaban J connectivity index is 1.70. The van der Waals surface area contributed by atoms with E-state index in [2.05, 4.69) is 10.6 Å². The third-order valence-corrected chi connectivity index (χ3v) is 5.01. The summed E-state index contributed by atoms with van der Waals surface area (Å²) in [5, 5.41) is 15.6. The highest BCUT2D eigenvalue weighted by Crippen LogP contribution is 2.36. The van der Waals surface area contributed by atoms with Gasteiger partial charge >= 0.3 is 6.03 Å². The summed E-state index contributed by atoms with van der Waals surface area (Å²) in [4.78, 5) is 26.4. The van der Waals surface area contributed by atoms with Crippen LogP contribution in [0.4, 0.5) is 10.5 Å². The molecule has 0 spiro atoms. The van der Waals surface area contributed by atoms with Gasteiger partial charge in [0.2, 0.25) is 0 Å². The van der Waals surface area contributed by atoms with Crippen LogP contribution in [-0.4, -0.2) is 46.7 Å². The van der Waals surface area contributed by atoms with Gasteiger partial charge in [0, 0.05) is 29.9 Å². The van der Waals surface area contributed by atoms with E-state index in [-0.39, 0.29) is 30.1 Å². The van der Waals surface area contributed by atoms with E-state index in [1.165, 1.54) is 0 Å². The number of aliphatic hydroxyl groups is 1. The van der Waals surface area contributed by atoms with Crippen molar-refractivity contribution in [3.8, 4) is 0 Å². The Morgan fingerprint density at radius 2 is 1.92 bits per heavy atom. The highest BCUT2D eigenvalue weighted by atomic mass is 16.3. The van der Waals surface area contributed by atoms with E-state index in [0.29, 0.717) is 24.9 Å². The van der Waals surface area contributed by atoms with Gasteiger partial charge in [-0.25, -0.2) is 4.79 Å². The molecule has 130 valence electrons. The lowest BCUT2D eigenvalue weighted by atomic mass is 10.0. The van der Waals surface area contributed by atoms with Crippen LogP contribution < -0.4 is 10.6 Å². The molecule has 2 atom stereocenters. The first-order chi connectivity index (χ1) is 11.5. The number of carbonyl (C=O) groups excluding carboxylic acids is 2. The van der Waals surface area contributed by atoms with E-state index in [1.807, 2.05) is 18.7 Å². The summed E-state index contributed by atoms with van der Waals surface area (Å²) in [5.74, 6) is -0.110. The van der Waals surface area contributed by atoms with Crippen molar-refractivity contribution in [2.45, 2.75) is 57.7 Å². The number of anilines is 1. The molecule has 1 aromatic carbocycles. The zero-order valence-electron chi connectivity index (χ0n) is 14.2. The molecule has 24 heavy (non-hydrogen) atoms. The number of nitrogens with zero attached hydrogens (tertiary/aromatic N) is 1. The van der Waals surface area contributed by atoms with Gasteiger partial charge in [-0.2, -0.15) is 0 Å². The van der Waals surface area contributed by atoms with Crippen molar-refractivity contribution in [3.05, 3.63) is 29.3 Å². The minimum absolute atomic E-state index is 0.108. The van der Waals surface area contributed by atoms with Crippen LogP contribution in [0.2, 0.25) is 0 Å². The molecule has 0 saturated carbocycles. The smallest absolute Gasteiger partial charge is 0.322 e. The highest BCUT2D eigenvalue weighted by molar-refractivity contribution is 5.96. The fourth-order valence-electron chi connectivity index (χ4n) is 3.87. The van der Waals surface area contributed by atoms with E-state index in [9.17, 15) is 14.7 Å². The Labute approximate surface area is 142 Å². The van der Waals surface area contributed by atoms with Gasteiger partial charge in [-0.05, 0) is 63.3 Å². The van der Waals surface area contributed by atoms with Crippen LogP contribution in [0.1, 0.15) is 48.5 Å². The van der Waals surface area contributed by atoms with Gasteiger partial charge in [-0.3, -0.25) is 4.79 Å². The first-order valence-electron chi connectivity index (χ1n) is 8.65. The van der Waals surface area contributed by atoms with Crippen LogP contribution in [0, 0.1) is 6.92 Å². The third kappa shape index (κ3) is 3.24. The summed E-state index contributed by atoms with van der Waals surface area (Å²) in [6.07, 6.45) is 2.97. The van der Waals surface area contributed by atoms with Gasteiger partial charge in [0.25, 0.3) is 5.91 Å². The summed E-state index contributed by atoms with van der Waals surface area (Å²) in [6, 6.07) is 5.45. The lowest BCUT2D eigenvalue weighted by Gasteiger charge is -2.37. The van der Waals surface area contributed by atoms with E-state index >= 15 is 0 Å². The molecule has 2 heterocycles. The molecule has 2 saturated heterocycles. The summed E-state index contributed by atoms with van der Waals surface area (Å²) in [5.41, 5.74) is 2.17. The van der Waals surface area contributed by atoms with Crippen LogP contribution in [0.3, 0.4) is 0 Å². The Morgan fingerprint density at radius 1 is 1.25 bits per heavy atom. The van der Waals surface area contributed by atoms with E-state index in [0.717, 1.165) is 24.1 Å². The summed E-state index contributed by atoms with van der Waals surface area (Å²) >= 11 is 0. The number of hydrogen-bond donors (Lipinski definition) is 3. The van der Waals surface area contributed by atoms with Gasteiger partial charge in [0.05, 0.1) is 6.10 Å². The second kappa shape index (κ2) is 6.81. The quantitative estimate of drug-likeness (QED) is 0.794. The Bertz CT molecular complexity index is 632. The molecule has 2 aliphatic heterocycles. The number of hydrogen-bond acceptors (Lipinski definition) is 3. The Kier molecular flexibility index (Phi) is 4.76. The number of carbonyl (C=O) groups is 2. The van der Waals surface area contributed by atoms with Crippen molar-refractivity contribution in [1.29, 1.82) is 0 Å². The minimum Gasteiger partial charge on any atom is -0.393 e. The number of benzene rings is 1. The van der Waals surface area contributed by atoms with Crippen LogP contribution in [0.5, 0.6) is 0 Å². The maximum Gasteiger partial charge on any atom is 0.322 e. The van der Waals surface area contributed by atoms with Gasteiger partial charge in [0.15, 0.2) is 0 Å². The SMILES string of the molecule is CCNC(=O)c1ccc(NC(=O)N2[C@H]3CC[C@H]2CC(O)C3)c(C)c1. The maximum absolute atomic E-state index is 12.7. The number of nitrogens with one attached hydrogen (secondary N) is 2. The fraction of sp³-hybridized carbons (Fsp3) is 0.556. The zero-order valence-corrected chi connectivity index (χ0v) is 14.2. The van der Waals surface area contributed by atoms with Crippen LogP contribution in [-0.2, 0) is 0 Å². The largest absolute Gasteiger partial charge is 0.393 e. The number of urea groups is 1. The maximum atomic E-state index is 12.7. The van der Waals surface area contributed by atoms with E-state index < -0.39 is 0 Å². The summed E-state index contributed by atoms with van der Waals surface area (Å²) in [7, 11) is 0. The van der Waals surface area contributed by atoms with Crippen molar-refractivity contribution in [2.75, 3.05) is 11.9 Å². The van der Waals surface area contributed by atoms with Crippen molar-refractivity contribution in [3.63, 3.8) is 0 Å². The van der Waals surface area contributed by atoms with Gasteiger partial charge in [-0.15, -0.1) is 0 Å². The van der Waals surface area contributed by atoms with Gasteiger partial charge in [-0.1, -0.05) is 0 Å². The van der Waals surface area contributed by atoms with Gasteiger partial charge in [0.1, 0.15) is 0 Å². The number of aryl methyl sites for hydroxylation is 1. The number of fused-ring (bicyclic) bond motifs is 2. The molecule has 6 nitrogen and oxygen atoms in total. The standard InChI is InChI=1S/C18H25N3O3/c1-3-19-17(23)12-4-7-16(11(2)8-12)20-18(24)21-13-5-6-14(21)10-15(22)9-13/h4,7-8,13-15,22H,3,5-6,9-10H2,1-2H3,(H,19,23)(H,20,24)/t13-,14-/m0/s1. The molecule has 1 aromatic rings. The second-order valence-corrected chi connectivity index (χ2v) is 6.74.